The van der Waals surface area contributed by atoms with Crippen LogP contribution in [-0.4, -0.2) is 25.1 Å². The Morgan fingerprint density at radius 3 is 1.74 bits per heavy atom. The molecule has 3 aromatic heterocycles. The highest BCUT2D eigenvalue weighted by atomic mass is 16.3. The van der Waals surface area contributed by atoms with E-state index in [1.54, 1.807) is 0 Å². The molecule has 0 saturated heterocycles. The maximum absolute atomic E-state index is 6.35. The Bertz CT molecular complexity index is 2500. The summed E-state index contributed by atoms with van der Waals surface area (Å²) in [4.78, 5) is 14.8. The first-order chi connectivity index (χ1) is 23.3. The molecule has 0 saturated carbocycles. The molecule has 0 aliphatic rings. The van der Waals surface area contributed by atoms with E-state index in [0.29, 0.717) is 17.5 Å². The van der Waals surface area contributed by atoms with Gasteiger partial charge in [0.2, 0.25) is 0 Å². The zero-order valence-electron chi connectivity index (χ0n) is 25.1. The van der Waals surface area contributed by atoms with E-state index in [-0.39, 0.29) is 0 Å². The van der Waals surface area contributed by atoms with Crippen LogP contribution in [0.5, 0.6) is 0 Å². The number of furan rings is 1. The molecule has 0 bridgehead atoms. The van der Waals surface area contributed by atoms with Crippen LogP contribution in [0.1, 0.15) is 0 Å². The van der Waals surface area contributed by atoms with Gasteiger partial charge in [-0.3, -0.25) is 0 Å². The summed E-state index contributed by atoms with van der Waals surface area (Å²) in [6, 6.07) is 50.8. The largest absolute Gasteiger partial charge is 0.456 e. The van der Waals surface area contributed by atoms with Gasteiger partial charge in [-0.1, -0.05) is 115 Å². The van der Waals surface area contributed by atoms with Crippen molar-refractivity contribution in [2.75, 3.05) is 0 Å². The summed E-state index contributed by atoms with van der Waals surface area (Å²) in [6.45, 7) is 0. The van der Waals surface area contributed by atoms with Crippen molar-refractivity contribution in [1.82, 2.24) is 25.1 Å². The molecule has 220 valence electrons. The van der Waals surface area contributed by atoms with Crippen molar-refractivity contribution in [2.45, 2.75) is 0 Å². The molecule has 6 aromatic carbocycles. The van der Waals surface area contributed by atoms with Crippen LogP contribution < -0.4 is 0 Å². The van der Waals surface area contributed by atoms with E-state index in [2.05, 4.69) is 46.6 Å². The summed E-state index contributed by atoms with van der Waals surface area (Å²) in [7, 11) is 0. The maximum Gasteiger partial charge on any atom is 0.164 e. The van der Waals surface area contributed by atoms with Crippen LogP contribution in [0.25, 0.3) is 89.4 Å². The van der Waals surface area contributed by atoms with Crippen LogP contribution in [0, 0.1) is 0 Å². The molecule has 6 heteroatoms. The topological polar surface area (TPSA) is 77.6 Å². The number of fused-ring (bicyclic) bond motifs is 4. The van der Waals surface area contributed by atoms with Gasteiger partial charge in [-0.15, -0.1) is 10.2 Å². The second kappa shape index (κ2) is 11.1. The molecule has 0 amide bonds. The normalized spacial score (nSPS) is 11.4. The fourth-order valence-electron chi connectivity index (χ4n) is 6.18. The van der Waals surface area contributed by atoms with Crippen molar-refractivity contribution >= 4 is 32.7 Å². The number of benzene rings is 6. The summed E-state index contributed by atoms with van der Waals surface area (Å²) in [5.74, 6) is 1.80. The van der Waals surface area contributed by atoms with Crippen LogP contribution >= 0.6 is 0 Å². The van der Waals surface area contributed by atoms with E-state index in [1.165, 1.54) is 5.39 Å². The molecule has 9 rings (SSSR count). The zero-order chi connectivity index (χ0) is 31.2. The van der Waals surface area contributed by atoms with E-state index in [9.17, 15) is 0 Å². The van der Waals surface area contributed by atoms with Crippen molar-refractivity contribution < 1.29 is 4.42 Å². The first kappa shape index (κ1) is 26.8. The molecule has 6 nitrogen and oxygen atoms in total. The van der Waals surface area contributed by atoms with E-state index in [4.69, 9.17) is 19.4 Å². The highest BCUT2D eigenvalue weighted by Gasteiger charge is 2.18. The third-order valence-corrected chi connectivity index (χ3v) is 8.46. The molecule has 0 spiro atoms. The van der Waals surface area contributed by atoms with Crippen molar-refractivity contribution in [3.8, 4) is 56.7 Å². The Morgan fingerprint density at radius 2 is 1.00 bits per heavy atom. The van der Waals surface area contributed by atoms with Crippen LogP contribution in [0.15, 0.2) is 156 Å². The van der Waals surface area contributed by atoms with Crippen LogP contribution in [0.2, 0.25) is 0 Å². The van der Waals surface area contributed by atoms with E-state index in [0.717, 1.165) is 66.5 Å². The Hall–Kier alpha value is -6.53. The Kier molecular flexibility index (Phi) is 6.35. The van der Waals surface area contributed by atoms with Crippen LogP contribution in [-0.2, 0) is 0 Å². The fourth-order valence-corrected chi connectivity index (χ4v) is 6.18. The summed E-state index contributed by atoms with van der Waals surface area (Å²) < 4.78 is 6.35. The second-order valence-electron chi connectivity index (χ2n) is 11.4. The number of aromatic nitrogens is 5. The summed E-state index contributed by atoms with van der Waals surface area (Å²) >= 11 is 0. The molecule has 3 heterocycles. The third kappa shape index (κ3) is 4.80. The first-order valence-electron chi connectivity index (χ1n) is 15.4. The number of rotatable bonds is 5. The Labute approximate surface area is 270 Å². The van der Waals surface area contributed by atoms with Gasteiger partial charge >= 0.3 is 0 Å². The number of hydrogen-bond acceptors (Lipinski definition) is 6. The Morgan fingerprint density at radius 1 is 0.383 bits per heavy atom. The Balaban J connectivity index is 1.18. The van der Waals surface area contributed by atoms with Gasteiger partial charge in [0.15, 0.2) is 17.5 Å². The van der Waals surface area contributed by atoms with E-state index < -0.39 is 0 Å². The number of nitrogens with zero attached hydrogens (tertiary/aromatic N) is 5. The lowest BCUT2D eigenvalue weighted by Gasteiger charge is -2.09. The highest BCUT2D eigenvalue weighted by Crippen LogP contribution is 2.38. The summed E-state index contributed by atoms with van der Waals surface area (Å²) in [6.07, 6.45) is 0. The van der Waals surface area contributed by atoms with Crippen LogP contribution in [0.3, 0.4) is 0 Å². The predicted octanol–water partition coefficient (Wildman–Crippen LogP) is 10.0. The molecule has 0 aliphatic heterocycles. The van der Waals surface area contributed by atoms with Gasteiger partial charge in [-0.2, -0.15) is 0 Å². The lowest BCUT2D eigenvalue weighted by molar-refractivity contribution is 0.669. The standard InChI is InChI=1S/C41H25N5O/c1-3-12-27(13-4-1)39-42-40(28-14-5-2-6-15-28)44-41(43-39)32-19-10-20-37-38(32)33-25-29(21-24-36(33)47-37)34-22-23-35(46-45-34)31-18-9-16-26-11-7-8-17-30(26)31/h1-25H. The smallest absolute Gasteiger partial charge is 0.164 e. The minimum Gasteiger partial charge on any atom is -0.456 e. The first-order valence-corrected chi connectivity index (χ1v) is 15.4. The molecule has 0 aliphatic carbocycles. The van der Waals surface area contributed by atoms with E-state index in [1.807, 2.05) is 115 Å². The van der Waals surface area contributed by atoms with Gasteiger partial charge in [-0.25, -0.2) is 15.0 Å². The molecule has 0 unspecified atom stereocenters. The minimum atomic E-state index is 0.579. The molecule has 47 heavy (non-hydrogen) atoms. The molecule has 9 aromatic rings. The molecule has 0 fully saturated rings. The lowest BCUT2D eigenvalue weighted by Crippen LogP contribution is -2.00. The van der Waals surface area contributed by atoms with Gasteiger partial charge in [-0.05, 0) is 47.2 Å². The molecular formula is C41H25N5O. The summed E-state index contributed by atoms with van der Waals surface area (Å²) in [5, 5.41) is 13.5. The van der Waals surface area contributed by atoms with Gasteiger partial charge in [0.25, 0.3) is 0 Å². The van der Waals surface area contributed by atoms with Crippen LogP contribution in [0.4, 0.5) is 0 Å². The molecule has 0 N–H and O–H groups in total. The van der Waals surface area contributed by atoms with Gasteiger partial charge in [0.1, 0.15) is 11.2 Å². The third-order valence-electron chi connectivity index (χ3n) is 8.46. The highest BCUT2D eigenvalue weighted by molar-refractivity contribution is 6.12. The van der Waals surface area contributed by atoms with E-state index >= 15 is 0 Å². The molecular weight excluding hydrogens is 578 g/mol. The molecule has 0 radical (unpaired) electrons. The average molecular weight is 604 g/mol. The number of hydrogen-bond donors (Lipinski definition) is 0. The van der Waals surface area contributed by atoms with Crippen molar-refractivity contribution in [3.63, 3.8) is 0 Å². The zero-order valence-corrected chi connectivity index (χ0v) is 25.1. The van der Waals surface area contributed by atoms with Gasteiger partial charge < -0.3 is 4.42 Å². The van der Waals surface area contributed by atoms with Gasteiger partial charge in [0, 0.05) is 38.6 Å². The fraction of sp³-hybridized carbons (Fsp3) is 0. The SMILES string of the molecule is c1ccc(-c2nc(-c3ccccc3)nc(-c3cccc4oc5ccc(-c6ccc(-c7cccc8ccccc78)nn6)cc5c34)n2)cc1. The lowest BCUT2D eigenvalue weighted by atomic mass is 10.0. The van der Waals surface area contributed by atoms with Gasteiger partial charge in [0.05, 0.1) is 11.4 Å². The van der Waals surface area contributed by atoms with Crippen molar-refractivity contribution in [2.24, 2.45) is 0 Å². The van der Waals surface area contributed by atoms with Crippen molar-refractivity contribution in [1.29, 1.82) is 0 Å². The quantitative estimate of drug-likeness (QED) is 0.195. The van der Waals surface area contributed by atoms with Crippen molar-refractivity contribution in [3.05, 3.63) is 152 Å². The second-order valence-corrected chi connectivity index (χ2v) is 11.4. The predicted molar refractivity (Wildman–Crippen MR) is 187 cm³/mol. The maximum atomic E-state index is 6.35. The summed E-state index contributed by atoms with van der Waals surface area (Å²) in [5.41, 5.74) is 7.86. The monoisotopic (exact) mass is 603 g/mol. The minimum absolute atomic E-state index is 0.579. The average Bonchev–Trinajstić information content (AvgIpc) is 3.53. The molecule has 0 atom stereocenters.